The Labute approximate surface area is 126 Å². The van der Waals surface area contributed by atoms with Crippen LogP contribution >= 0.6 is 11.6 Å². The van der Waals surface area contributed by atoms with Gasteiger partial charge in [-0.15, -0.1) is 0 Å². The van der Waals surface area contributed by atoms with Crippen LogP contribution in [0.3, 0.4) is 0 Å². The molecule has 0 spiro atoms. The van der Waals surface area contributed by atoms with Gasteiger partial charge >= 0.3 is 0 Å². The van der Waals surface area contributed by atoms with Gasteiger partial charge in [0.05, 0.1) is 16.8 Å². The second-order valence-electron chi connectivity index (χ2n) is 5.57. The van der Waals surface area contributed by atoms with Gasteiger partial charge in [-0.3, -0.25) is 0 Å². The smallest absolute Gasteiger partial charge is 0.0640 e. The molecule has 1 unspecified atom stereocenters. The Hall–Kier alpha value is -1.47. The Balaban J connectivity index is 1.94. The fourth-order valence-corrected chi connectivity index (χ4v) is 3.34. The minimum atomic E-state index is 0.368. The van der Waals surface area contributed by atoms with Gasteiger partial charge in [0.2, 0.25) is 0 Å². The lowest BCUT2D eigenvalue weighted by Crippen LogP contribution is -2.12. The van der Waals surface area contributed by atoms with Crippen LogP contribution in [-0.4, -0.2) is 0 Å². The molecule has 0 bridgehead atoms. The van der Waals surface area contributed by atoms with Crippen LogP contribution in [0.15, 0.2) is 42.5 Å². The first-order valence-corrected chi connectivity index (χ1v) is 7.73. The SMILES string of the molecule is Cc1cccc(Cl)c1NC1CCCCc2ccccc21. The van der Waals surface area contributed by atoms with Gasteiger partial charge in [-0.05, 0) is 48.9 Å². The van der Waals surface area contributed by atoms with Crippen LogP contribution in [0.1, 0.15) is 42.0 Å². The molecule has 20 heavy (non-hydrogen) atoms. The van der Waals surface area contributed by atoms with Crippen LogP contribution in [-0.2, 0) is 6.42 Å². The van der Waals surface area contributed by atoms with Crippen molar-refractivity contribution in [2.45, 2.75) is 38.6 Å². The lowest BCUT2D eigenvalue weighted by molar-refractivity contribution is 0.644. The zero-order valence-electron chi connectivity index (χ0n) is 11.8. The first-order valence-electron chi connectivity index (χ1n) is 7.35. The maximum Gasteiger partial charge on any atom is 0.0640 e. The maximum atomic E-state index is 6.35. The molecular formula is C18H20ClN. The van der Waals surface area contributed by atoms with E-state index in [4.69, 9.17) is 11.6 Å². The Morgan fingerprint density at radius 1 is 1.05 bits per heavy atom. The largest absolute Gasteiger partial charge is 0.377 e. The summed E-state index contributed by atoms with van der Waals surface area (Å²) in [6.07, 6.45) is 4.89. The molecule has 0 fully saturated rings. The highest BCUT2D eigenvalue weighted by Gasteiger charge is 2.19. The van der Waals surface area contributed by atoms with Gasteiger partial charge in [0.25, 0.3) is 0 Å². The van der Waals surface area contributed by atoms with Crippen LogP contribution in [0.4, 0.5) is 5.69 Å². The fraction of sp³-hybridized carbons (Fsp3) is 0.333. The van der Waals surface area contributed by atoms with Crippen LogP contribution in [0.2, 0.25) is 5.02 Å². The number of anilines is 1. The first-order chi connectivity index (χ1) is 9.75. The number of hydrogen-bond acceptors (Lipinski definition) is 1. The summed E-state index contributed by atoms with van der Waals surface area (Å²) in [6, 6.07) is 15.2. The molecule has 0 aliphatic heterocycles. The molecule has 1 atom stereocenters. The van der Waals surface area contributed by atoms with Gasteiger partial charge in [0.1, 0.15) is 0 Å². The maximum absolute atomic E-state index is 6.35. The van der Waals surface area contributed by atoms with Crippen molar-refractivity contribution in [1.82, 2.24) is 0 Å². The molecule has 1 aliphatic rings. The molecule has 0 heterocycles. The lowest BCUT2D eigenvalue weighted by atomic mass is 9.98. The Morgan fingerprint density at radius 3 is 2.75 bits per heavy atom. The summed E-state index contributed by atoms with van der Waals surface area (Å²) in [5.41, 5.74) is 5.20. The number of aryl methyl sites for hydroxylation is 2. The highest BCUT2D eigenvalue weighted by atomic mass is 35.5. The summed E-state index contributed by atoms with van der Waals surface area (Å²) in [5.74, 6) is 0. The number of benzene rings is 2. The summed E-state index contributed by atoms with van der Waals surface area (Å²) in [4.78, 5) is 0. The van der Waals surface area contributed by atoms with Crippen molar-refractivity contribution < 1.29 is 0 Å². The quantitative estimate of drug-likeness (QED) is 0.716. The Bertz CT molecular complexity index is 586. The number of halogens is 1. The molecule has 0 aromatic heterocycles. The molecule has 1 N–H and O–H groups in total. The summed E-state index contributed by atoms with van der Waals surface area (Å²) >= 11 is 6.35. The zero-order chi connectivity index (χ0) is 13.9. The van der Waals surface area contributed by atoms with Gasteiger partial charge in [-0.2, -0.15) is 0 Å². The second kappa shape index (κ2) is 5.88. The topological polar surface area (TPSA) is 12.0 Å². The molecule has 1 nitrogen and oxygen atoms in total. The third kappa shape index (κ3) is 2.69. The molecule has 104 valence electrons. The third-order valence-electron chi connectivity index (χ3n) is 4.16. The molecular weight excluding hydrogens is 266 g/mol. The highest BCUT2D eigenvalue weighted by molar-refractivity contribution is 6.33. The van der Waals surface area contributed by atoms with Crippen LogP contribution in [0.25, 0.3) is 0 Å². The van der Waals surface area contributed by atoms with Crippen molar-refractivity contribution in [3.63, 3.8) is 0 Å². The van der Waals surface area contributed by atoms with E-state index in [0.717, 1.165) is 10.7 Å². The number of fused-ring (bicyclic) bond motifs is 1. The number of hydrogen-bond donors (Lipinski definition) is 1. The average molecular weight is 286 g/mol. The molecule has 0 saturated heterocycles. The predicted octanol–water partition coefficient (Wildman–Crippen LogP) is 5.53. The van der Waals surface area contributed by atoms with Crippen LogP contribution < -0.4 is 5.32 Å². The van der Waals surface area contributed by atoms with E-state index >= 15 is 0 Å². The number of rotatable bonds is 2. The van der Waals surface area contributed by atoms with E-state index in [1.54, 1.807) is 0 Å². The van der Waals surface area contributed by atoms with Crippen molar-refractivity contribution in [2.75, 3.05) is 5.32 Å². The molecule has 0 radical (unpaired) electrons. The first kappa shape index (κ1) is 13.5. The normalized spacial score (nSPS) is 18.2. The molecule has 0 amide bonds. The van der Waals surface area contributed by atoms with E-state index in [1.807, 2.05) is 12.1 Å². The molecule has 0 saturated carbocycles. The second-order valence-corrected chi connectivity index (χ2v) is 5.98. The van der Waals surface area contributed by atoms with Crippen LogP contribution in [0.5, 0.6) is 0 Å². The Morgan fingerprint density at radius 2 is 1.90 bits per heavy atom. The summed E-state index contributed by atoms with van der Waals surface area (Å²) in [6.45, 7) is 2.11. The monoisotopic (exact) mass is 285 g/mol. The van der Waals surface area contributed by atoms with Gasteiger partial charge < -0.3 is 5.32 Å². The van der Waals surface area contributed by atoms with Crippen molar-refractivity contribution in [3.05, 3.63) is 64.2 Å². The zero-order valence-corrected chi connectivity index (χ0v) is 12.6. The molecule has 3 rings (SSSR count). The highest BCUT2D eigenvalue weighted by Crippen LogP contribution is 2.34. The summed E-state index contributed by atoms with van der Waals surface area (Å²) < 4.78 is 0. The fourth-order valence-electron chi connectivity index (χ4n) is 3.06. The molecule has 2 aromatic carbocycles. The van der Waals surface area contributed by atoms with Crippen LogP contribution in [0, 0.1) is 6.92 Å². The van der Waals surface area contributed by atoms with E-state index in [0.29, 0.717) is 6.04 Å². The van der Waals surface area contributed by atoms with Gasteiger partial charge in [0, 0.05) is 0 Å². The van der Waals surface area contributed by atoms with Gasteiger partial charge in [0.15, 0.2) is 0 Å². The molecule has 1 aliphatic carbocycles. The predicted molar refractivity (Wildman–Crippen MR) is 86.5 cm³/mol. The number of para-hydroxylation sites is 1. The Kier molecular flexibility index (Phi) is 3.98. The minimum absolute atomic E-state index is 0.368. The van der Waals surface area contributed by atoms with Crippen molar-refractivity contribution >= 4 is 17.3 Å². The number of nitrogens with one attached hydrogen (secondary N) is 1. The van der Waals surface area contributed by atoms with E-state index in [1.165, 1.54) is 42.4 Å². The lowest BCUT2D eigenvalue weighted by Gasteiger charge is -2.22. The third-order valence-corrected chi connectivity index (χ3v) is 4.47. The van der Waals surface area contributed by atoms with E-state index < -0.39 is 0 Å². The van der Waals surface area contributed by atoms with E-state index in [2.05, 4.69) is 42.6 Å². The molecule has 2 aromatic rings. The van der Waals surface area contributed by atoms with Crippen molar-refractivity contribution in [2.24, 2.45) is 0 Å². The van der Waals surface area contributed by atoms with E-state index in [9.17, 15) is 0 Å². The standard InChI is InChI=1S/C18H20ClN/c1-13-7-6-11-16(19)18(13)20-17-12-5-3-9-14-8-2-4-10-15(14)17/h2,4,6-8,10-11,17,20H,3,5,9,12H2,1H3. The van der Waals surface area contributed by atoms with E-state index in [-0.39, 0.29) is 0 Å². The summed E-state index contributed by atoms with van der Waals surface area (Å²) in [7, 11) is 0. The van der Waals surface area contributed by atoms with Crippen molar-refractivity contribution in [3.8, 4) is 0 Å². The van der Waals surface area contributed by atoms with Crippen molar-refractivity contribution in [1.29, 1.82) is 0 Å². The minimum Gasteiger partial charge on any atom is -0.377 e. The van der Waals surface area contributed by atoms with Gasteiger partial charge in [-0.1, -0.05) is 54.4 Å². The van der Waals surface area contributed by atoms with Gasteiger partial charge in [-0.25, -0.2) is 0 Å². The summed E-state index contributed by atoms with van der Waals surface area (Å²) in [5, 5.41) is 4.49. The average Bonchev–Trinajstić information content (AvgIpc) is 2.66. The molecule has 2 heteroatoms.